The minimum Gasteiger partial charge on any atom is -0.497 e. The van der Waals surface area contributed by atoms with Crippen LogP contribution in [0.3, 0.4) is 0 Å². The van der Waals surface area contributed by atoms with Crippen LogP contribution in [0.5, 0.6) is 5.75 Å². The molecule has 0 aliphatic heterocycles. The Morgan fingerprint density at radius 3 is 2.21 bits per heavy atom. The van der Waals surface area contributed by atoms with Crippen LogP contribution in [0.25, 0.3) is 21.7 Å². The monoisotopic (exact) mass is 400 g/mol. The van der Waals surface area contributed by atoms with E-state index >= 15 is 0 Å². The average Bonchev–Trinajstić information content (AvgIpc) is 3.11. The zero-order valence-electron chi connectivity index (χ0n) is 16.2. The third-order valence-corrected chi connectivity index (χ3v) is 5.81. The van der Waals surface area contributed by atoms with Gasteiger partial charge in [0.2, 0.25) is 0 Å². The summed E-state index contributed by atoms with van der Waals surface area (Å²) in [6, 6.07) is 27.4. The van der Waals surface area contributed by atoms with E-state index in [0.717, 1.165) is 21.7 Å². The quantitative estimate of drug-likeness (QED) is 0.474. The minimum atomic E-state index is -0.292. The molecule has 0 aliphatic carbocycles. The molecule has 4 aromatic rings. The molecule has 0 N–H and O–H groups in total. The Bertz CT molecular complexity index is 1210. The Labute approximate surface area is 173 Å². The van der Waals surface area contributed by atoms with E-state index in [2.05, 4.69) is 29.3 Å². The van der Waals surface area contributed by atoms with Crippen LogP contribution in [0.15, 0.2) is 89.9 Å². The number of methoxy groups -OCH3 is 1. The highest BCUT2D eigenvalue weighted by atomic mass is 32.1. The number of aromatic nitrogens is 1. The predicted octanol–water partition coefficient (Wildman–Crippen LogP) is 5.17. The van der Waals surface area contributed by atoms with Crippen molar-refractivity contribution in [1.82, 2.24) is 4.57 Å². The van der Waals surface area contributed by atoms with E-state index in [-0.39, 0.29) is 5.91 Å². The van der Waals surface area contributed by atoms with E-state index in [1.807, 2.05) is 54.1 Å². The molecule has 0 radical (unpaired) electrons. The Kier molecular flexibility index (Phi) is 5.40. The van der Waals surface area contributed by atoms with Gasteiger partial charge in [0.25, 0.3) is 5.91 Å². The van der Waals surface area contributed by atoms with Crippen LogP contribution >= 0.6 is 11.3 Å². The van der Waals surface area contributed by atoms with Crippen LogP contribution in [0.2, 0.25) is 0 Å². The first-order chi connectivity index (χ1) is 14.2. The molecule has 0 saturated heterocycles. The van der Waals surface area contributed by atoms with Gasteiger partial charge in [-0.2, -0.15) is 4.99 Å². The number of carbonyl (C=O) groups is 1. The molecular weight excluding hydrogens is 380 g/mol. The molecule has 0 saturated carbocycles. The average molecular weight is 401 g/mol. The van der Waals surface area contributed by atoms with E-state index in [1.165, 1.54) is 11.3 Å². The van der Waals surface area contributed by atoms with E-state index < -0.39 is 0 Å². The van der Waals surface area contributed by atoms with Crippen LogP contribution in [0, 0.1) is 0 Å². The van der Waals surface area contributed by atoms with Crippen molar-refractivity contribution in [2.45, 2.75) is 0 Å². The van der Waals surface area contributed by atoms with Crippen molar-refractivity contribution in [3.8, 4) is 27.4 Å². The summed E-state index contributed by atoms with van der Waals surface area (Å²) in [6.07, 6.45) is 0. The first-order valence-corrected chi connectivity index (χ1v) is 10.0. The van der Waals surface area contributed by atoms with Gasteiger partial charge in [0.1, 0.15) is 5.75 Å². The Balaban J connectivity index is 1.87. The van der Waals surface area contributed by atoms with Gasteiger partial charge >= 0.3 is 0 Å². The van der Waals surface area contributed by atoms with Gasteiger partial charge in [0.05, 0.1) is 17.7 Å². The second-order valence-corrected chi connectivity index (χ2v) is 7.48. The van der Waals surface area contributed by atoms with Crippen LogP contribution in [-0.4, -0.2) is 17.6 Å². The van der Waals surface area contributed by atoms with Gasteiger partial charge in [-0.15, -0.1) is 0 Å². The smallest absolute Gasteiger partial charge is 0.279 e. The van der Waals surface area contributed by atoms with Crippen molar-refractivity contribution in [1.29, 1.82) is 0 Å². The van der Waals surface area contributed by atoms with Crippen molar-refractivity contribution in [3.05, 3.63) is 95.3 Å². The molecule has 4 rings (SSSR count). The second kappa shape index (κ2) is 8.29. The van der Waals surface area contributed by atoms with Crippen molar-refractivity contribution in [2.24, 2.45) is 12.0 Å². The third-order valence-electron chi connectivity index (χ3n) is 4.63. The number of benzene rings is 3. The summed E-state index contributed by atoms with van der Waals surface area (Å²) in [6.45, 7) is 0. The normalized spacial score (nSPS) is 11.4. The molecule has 1 aromatic heterocycles. The molecule has 144 valence electrons. The first kappa shape index (κ1) is 18.9. The maximum atomic E-state index is 12.8. The lowest BCUT2D eigenvalue weighted by Crippen LogP contribution is -2.14. The number of thiazole rings is 1. The highest BCUT2D eigenvalue weighted by molar-refractivity contribution is 7.13. The van der Waals surface area contributed by atoms with Crippen LogP contribution in [-0.2, 0) is 7.05 Å². The van der Waals surface area contributed by atoms with Gasteiger partial charge in [-0.05, 0) is 29.3 Å². The second-order valence-electron chi connectivity index (χ2n) is 6.50. The number of hydrogen-bond acceptors (Lipinski definition) is 3. The summed E-state index contributed by atoms with van der Waals surface area (Å²) in [4.78, 5) is 19.0. The molecule has 3 aromatic carbocycles. The number of amides is 1. The lowest BCUT2D eigenvalue weighted by atomic mass is 10.1. The SMILES string of the molecule is COc1cccc(C(=O)N=c2sc(-c3ccccc3)c(-c3ccccc3)n2C)c1. The van der Waals surface area contributed by atoms with Crippen molar-refractivity contribution < 1.29 is 9.53 Å². The first-order valence-electron chi connectivity index (χ1n) is 9.21. The summed E-state index contributed by atoms with van der Waals surface area (Å²) < 4.78 is 7.21. The number of carbonyl (C=O) groups excluding carboxylic acids is 1. The molecule has 1 heterocycles. The van der Waals surface area contributed by atoms with Gasteiger partial charge in [-0.25, -0.2) is 0 Å². The number of nitrogens with zero attached hydrogens (tertiary/aromatic N) is 2. The summed E-state index contributed by atoms with van der Waals surface area (Å²) in [5.74, 6) is 0.344. The van der Waals surface area contributed by atoms with Crippen LogP contribution < -0.4 is 9.54 Å². The molecule has 0 atom stereocenters. The summed E-state index contributed by atoms with van der Waals surface area (Å²) in [7, 11) is 3.53. The molecule has 4 nitrogen and oxygen atoms in total. The standard InChI is InChI=1S/C24H20N2O2S/c1-26-21(17-10-5-3-6-11-17)22(18-12-7-4-8-13-18)29-24(26)25-23(27)19-14-9-15-20(16-19)28-2/h3-16H,1-2H3. The van der Waals surface area contributed by atoms with E-state index in [1.54, 1.807) is 25.3 Å². The zero-order chi connectivity index (χ0) is 20.2. The number of rotatable bonds is 4. The van der Waals surface area contributed by atoms with Gasteiger partial charge in [-0.1, -0.05) is 78.1 Å². The minimum absolute atomic E-state index is 0.292. The number of hydrogen-bond donors (Lipinski definition) is 0. The van der Waals surface area contributed by atoms with Crippen molar-refractivity contribution >= 4 is 17.2 Å². The predicted molar refractivity (Wildman–Crippen MR) is 117 cm³/mol. The molecule has 29 heavy (non-hydrogen) atoms. The number of ether oxygens (including phenoxy) is 1. The topological polar surface area (TPSA) is 43.6 Å². The highest BCUT2D eigenvalue weighted by Crippen LogP contribution is 2.34. The maximum absolute atomic E-state index is 12.8. The van der Waals surface area contributed by atoms with Crippen LogP contribution in [0.1, 0.15) is 10.4 Å². The molecule has 0 bridgehead atoms. The van der Waals surface area contributed by atoms with E-state index in [0.29, 0.717) is 16.1 Å². The highest BCUT2D eigenvalue weighted by Gasteiger charge is 2.16. The molecule has 1 amide bonds. The van der Waals surface area contributed by atoms with Crippen molar-refractivity contribution in [3.63, 3.8) is 0 Å². The Morgan fingerprint density at radius 1 is 0.897 bits per heavy atom. The molecule has 0 unspecified atom stereocenters. The zero-order valence-corrected chi connectivity index (χ0v) is 17.0. The molecule has 0 spiro atoms. The van der Waals surface area contributed by atoms with Gasteiger partial charge in [0, 0.05) is 12.6 Å². The summed E-state index contributed by atoms with van der Waals surface area (Å²) in [5, 5.41) is 0. The lowest BCUT2D eigenvalue weighted by molar-refractivity contribution is 0.0997. The Morgan fingerprint density at radius 2 is 1.55 bits per heavy atom. The third kappa shape index (κ3) is 3.91. The lowest BCUT2D eigenvalue weighted by Gasteiger charge is -2.07. The molecule has 5 heteroatoms. The van der Waals surface area contributed by atoms with E-state index in [9.17, 15) is 4.79 Å². The molecular formula is C24H20N2O2S. The van der Waals surface area contributed by atoms with Gasteiger partial charge in [-0.3, -0.25) is 4.79 Å². The maximum Gasteiger partial charge on any atom is 0.279 e. The fraction of sp³-hybridized carbons (Fsp3) is 0.0833. The molecule has 0 fully saturated rings. The van der Waals surface area contributed by atoms with Gasteiger partial charge < -0.3 is 9.30 Å². The van der Waals surface area contributed by atoms with Crippen LogP contribution in [0.4, 0.5) is 0 Å². The summed E-state index contributed by atoms with van der Waals surface area (Å²) in [5.41, 5.74) is 3.72. The summed E-state index contributed by atoms with van der Waals surface area (Å²) >= 11 is 1.51. The fourth-order valence-corrected chi connectivity index (χ4v) is 4.31. The molecule has 0 aliphatic rings. The largest absolute Gasteiger partial charge is 0.497 e. The Hall–Kier alpha value is -3.44. The van der Waals surface area contributed by atoms with Gasteiger partial charge in [0.15, 0.2) is 4.80 Å². The fourth-order valence-electron chi connectivity index (χ4n) is 3.17. The van der Waals surface area contributed by atoms with Crippen molar-refractivity contribution in [2.75, 3.05) is 7.11 Å². The van der Waals surface area contributed by atoms with E-state index in [4.69, 9.17) is 4.74 Å².